The van der Waals surface area contributed by atoms with Gasteiger partial charge in [0.25, 0.3) is 0 Å². The second-order valence-corrected chi connectivity index (χ2v) is 6.81. The highest BCUT2D eigenvalue weighted by atomic mass is 16.5. The molecule has 2 heterocycles. The quantitative estimate of drug-likeness (QED) is 0.666. The number of allylic oxidation sites excluding steroid dienone is 1. The fourth-order valence-electron chi connectivity index (χ4n) is 3.74. The first-order chi connectivity index (χ1) is 12.9. The van der Waals surface area contributed by atoms with Crippen LogP contribution in [0.3, 0.4) is 0 Å². The first-order valence-electron chi connectivity index (χ1n) is 8.64. The Hall–Kier alpha value is -3.52. The molecule has 5 heteroatoms. The minimum absolute atomic E-state index is 0.0170. The molecule has 0 amide bonds. The van der Waals surface area contributed by atoms with Gasteiger partial charge in [0.1, 0.15) is 17.2 Å². The molecule has 0 saturated heterocycles. The fourth-order valence-corrected chi connectivity index (χ4v) is 3.74. The highest BCUT2D eigenvalue weighted by Crippen LogP contribution is 2.45. The number of hydrogen-bond acceptors (Lipinski definition) is 5. The van der Waals surface area contributed by atoms with Gasteiger partial charge in [0.15, 0.2) is 5.75 Å². The van der Waals surface area contributed by atoms with Crippen molar-refractivity contribution in [3.8, 4) is 11.8 Å². The monoisotopic (exact) mass is 358 g/mol. The van der Waals surface area contributed by atoms with Crippen LogP contribution >= 0.6 is 0 Å². The van der Waals surface area contributed by atoms with Crippen molar-refractivity contribution in [3.05, 3.63) is 86.1 Å². The van der Waals surface area contributed by atoms with E-state index in [0.717, 1.165) is 22.3 Å². The van der Waals surface area contributed by atoms with E-state index in [-0.39, 0.29) is 11.5 Å². The number of benzene rings is 2. The number of nitrogens with zero attached hydrogens (tertiary/aromatic N) is 1. The second kappa shape index (κ2) is 6.03. The first kappa shape index (κ1) is 16.9. The largest absolute Gasteiger partial charge is 0.439 e. The van der Waals surface area contributed by atoms with E-state index in [1.165, 1.54) is 0 Å². The Kier molecular flexibility index (Phi) is 3.78. The van der Waals surface area contributed by atoms with Gasteiger partial charge in [-0.15, -0.1) is 0 Å². The number of ether oxygens (including phenoxy) is 1. The maximum absolute atomic E-state index is 13.0. The molecule has 0 fully saturated rings. The predicted octanol–water partition coefficient (Wildman–Crippen LogP) is 3.94. The Morgan fingerprint density at radius 2 is 1.81 bits per heavy atom. The van der Waals surface area contributed by atoms with Crippen molar-refractivity contribution in [2.75, 3.05) is 0 Å². The van der Waals surface area contributed by atoms with Gasteiger partial charge in [0.2, 0.25) is 5.88 Å². The Morgan fingerprint density at radius 1 is 1.11 bits per heavy atom. The van der Waals surface area contributed by atoms with Crippen molar-refractivity contribution in [2.24, 2.45) is 5.73 Å². The molecule has 2 aromatic carbocycles. The van der Waals surface area contributed by atoms with Crippen LogP contribution in [-0.2, 0) is 0 Å². The third kappa shape index (κ3) is 2.42. The SMILES string of the molecule is Cc1cc(C)c2c3c(c(=O)oc2c1C)[C@@H](c1ccccc1)C(C#N)=C(N)O3. The first-order valence-corrected chi connectivity index (χ1v) is 8.64. The van der Waals surface area contributed by atoms with E-state index >= 15 is 0 Å². The molecule has 0 saturated carbocycles. The molecule has 1 aromatic heterocycles. The molecule has 0 bridgehead atoms. The summed E-state index contributed by atoms with van der Waals surface area (Å²) in [5.74, 6) is -0.225. The van der Waals surface area contributed by atoms with Crippen LogP contribution in [0.25, 0.3) is 11.0 Å². The van der Waals surface area contributed by atoms with Crippen molar-refractivity contribution in [1.29, 1.82) is 5.26 Å². The molecule has 0 spiro atoms. The number of nitrogens with two attached hydrogens (primary N) is 1. The van der Waals surface area contributed by atoms with Crippen LogP contribution in [0.2, 0.25) is 0 Å². The lowest BCUT2D eigenvalue weighted by Crippen LogP contribution is -2.26. The molecular weight excluding hydrogens is 340 g/mol. The zero-order chi connectivity index (χ0) is 19.3. The molecule has 5 nitrogen and oxygen atoms in total. The topological polar surface area (TPSA) is 89.2 Å². The average molecular weight is 358 g/mol. The summed E-state index contributed by atoms with van der Waals surface area (Å²) >= 11 is 0. The zero-order valence-electron chi connectivity index (χ0n) is 15.3. The molecule has 1 aliphatic heterocycles. The van der Waals surface area contributed by atoms with Gasteiger partial charge in [0.05, 0.1) is 16.9 Å². The summed E-state index contributed by atoms with van der Waals surface area (Å²) in [6.07, 6.45) is 0. The maximum atomic E-state index is 13.0. The number of fused-ring (bicyclic) bond motifs is 3. The zero-order valence-corrected chi connectivity index (χ0v) is 15.3. The molecule has 2 N–H and O–H groups in total. The Labute approximate surface area is 156 Å². The van der Waals surface area contributed by atoms with Crippen LogP contribution in [0.5, 0.6) is 5.75 Å². The number of hydrogen-bond donors (Lipinski definition) is 1. The van der Waals surface area contributed by atoms with E-state index in [2.05, 4.69) is 6.07 Å². The summed E-state index contributed by atoms with van der Waals surface area (Å²) in [5, 5.41) is 10.4. The summed E-state index contributed by atoms with van der Waals surface area (Å²) in [6, 6.07) is 13.4. The fraction of sp³-hybridized carbons (Fsp3) is 0.182. The molecule has 3 aromatic rings. The van der Waals surface area contributed by atoms with Crippen molar-refractivity contribution in [3.63, 3.8) is 0 Å². The standard InChI is InChI=1S/C22H18N2O3/c1-11-9-12(2)16-19(13(11)3)27-22(25)18-17(14-7-5-4-6-8-14)15(10-23)21(24)26-20(16)18/h4-9,17H,24H2,1-3H3/t17-/m0/s1. The van der Waals surface area contributed by atoms with Crippen LogP contribution in [0.4, 0.5) is 0 Å². The lowest BCUT2D eigenvalue weighted by Gasteiger charge is -2.26. The molecule has 1 aliphatic rings. The van der Waals surface area contributed by atoms with Crippen molar-refractivity contribution in [2.45, 2.75) is 26.7 Å². The third-order valence-electron chi connectivity index (χ3n) is 5.18. The molecule has 4 rings (SSSR count). The average Bonchev–Trinajstić information content (AvgIpc) is 2.65. The van der Waals surface area contributed by atoms with Gasteiger partial charge in [-0.2, -0.15) is 5.26 Å². The Morgan fingerprint density at radius 3 is 2.48 bits per heavy atom. The van der Waals surface area contributed by atoms with Crippen LogP contribution < -0.4 is 16.1 Å². The molecular formula is C22H18N2O3. The highest BCUT2D eigenvalue weighted by molar-refractivity contribution is 5.91. The molecule has 27 heavy (non-hydrogen) atoms. The van der Waals surface area contributed by atoms with Gasteiger partial charge in [-0.1, -0.05) is 36.4 Å². The van der Waals surface area contributed by atoms with Gasteiger partial charge >= 0.3 is 5.63 Å². The highest BCUT2D eigenvalue weighted by Gasteiger charge is 2.36. The second-order valence-electron chi connectivity index (χ2n) is 6.81. The summed E-state index contributed by atoms with van der Waals surface area (Å²) in [5.41, 5.74) is 10.2. The molecule has 134 valence electrons. The summed E-state index contributed by atoms with van der Waals surface area (Å²) in [6.45, 7) is 5.82. The van der Waals surface area contributed by atoms with E-state index in [1.807, 2.05) is 57.2 Å². The van der Waals surface area contributed by atoms with Gasteiger partial charge in [0, 0.05) is 0 Å². The Bertz CT molecular complexity index is 1210. The molecule has 0 radical (unpaired) electrons. The van der Waals surface area contributed by atoms with Gasteiger partial charge in [-0.3, -0.25) is 0 Å². The maximum Gasteiger partial charge on any atom is 0.344 e. The van der Waals surface area contributed by atoms with Crippen LogP contribution in [0, 0.1) is 32.1 Å². The van der Waals surface area contributed by atoms with E-state index in [4.69, 9.17) is 14.9 Å². The molecule has 0 aliphatic carbocycles. The van der Waals surface area contributed by atoms with E-state index in [9.17, 15) is 10.1 Å². The van der Waals surface area contributed by atoms with E-state index in [1.54, 1.807) is 0 Å². The number of rotatable bonds is 1. The van der Waals surface area contributed by atoms with Crippen molar-refractivity contribution in [1.82, 2.24) is 0 Å². The van der Waals surface area contributed by atoms with Crippen molar-refractivity contribution >= 4 is 11.0 Å². The smallest absolute Gasteiger partial charge is 0.344 e. The van der Waals surface area contributed by atoms with E-state index in [0.29, 0.717) is 22.3 Å². The normalized spacial score (nSPS) is 16.0. The Balaban J connectivity index is 2.16. The lowest BCUT2D eigenvalue weighted by atomic mass is 9.83. The van der Waals surface area contributed by atoms with Crippen LogP contribution in [0.15, 0.2) is 57.1 Å². The predicted molar refractivity (Wildman–Crippen MR) is 102 cm³/mol. The van der Waals surface area contributed by atoms with Crippen LogP contribution in [-0.4, -0.2) is 0 Å². The third-order valence-corrected chi connectivity index (χ3v) is 5.18. The summed E-state index contributed by atoms with van der Waals surface area (Å²) in [4.78, 5) is 13.0. The number of aryl methyl sites for hydroxylation is 3. The van der Waals surface area contributed by atoms with Gasteiger partial charge in [-0.25, -0.2) is 4.79 Å². The van der Waals surface area contributed by atoms with Crippen molar-refractivity contribution < 1.29 is 9.15 Å². The lowest BCUT2D eigenvalue weighted by molar-refractivity contribution is 0.388. The number of nitriles is 1. The minimum atomic E-state index is -0.624. The van der Waals surface area contributed by atoms with E-state index < -0.39 is 11.5 Å². The molecule has 1 atom stereocenters. The molecule has 0 unspecified atom stereocenters. The van der Waals surface area contributed by atoms with Gasteiger partial charge < -0.3 is 14.9 Å². The minimum Gasteiger partial charge on any atom is -0.439 e. The summed E-state index contributed by atoms with van der Waals surface area (Å²) < 4.78 is 11.6. The summed E-state index contributed by atoms with van der Waals surface area (Å²) in [7, 11) is 0. The van der Waals surface area contributed by atoms with Crippen LogP contribution in [0.1, 0.15) is 33.7 Å². The van der Waals surface area contributed by atoms with Gasteiger partial charge in [-0.05, 0) is 43.0 Å².